The maximum atomic E-state index is 13.1. The van der Waals surface area contributed by atoms with Crippen LogP contribution in [0.2, 0.25) is 0 Å². The summed E-state index contributed by atoms with van der Waals surface area (Å²) in [6, 6.07) is 0.358. The van der Waals surface area contributed by atoms with Crippen LogP contribution in [0, 0.1) is 12.8 Å². The van der Waals surface area contributed by atoms with Crippen LogP contribution in [0.25, 0.3) is 0 Å². The fraction of sp³-hybridized carbons (Fsp3) is 0.750. The molecule has 8 nitrogen and oxygen atoms in total. The van der Waals surface area contributed by atoms with Crippen molar-refractivity contribution in [2.24, 2.45) is 5.92 Å². The lowest BCUT2D eigenvalue weighted by atomic mass is 9.86. The molecule has 2 aliphatic heterocycles. The molecule has 0 unspecified atom stereocenters. The van der Waals surface area contributed by atoms with E-state index in [1.807, 2.05) is 24.9 Å². The van der Waals surface area contributed by atoms with E-state index in [-0.39, 0.29) is 18.2 Å². The Morgan fingerprint density at radius 2 is 1.93 bits per heavy atom. The maximum Gasteiger partial charge on any atom is 0.303 e. The van der Waals surface area contributed by atoms with Gasteiger partial charge in [-0.25, -0.2) is 0 Å². The summed E-state index contributed by atoms with van der Waals surface area (Å²) < 4.78 is 1.79. The van der Waals surface area contributed by atoms with Gasteiger partial charge >= 0.3 is 5.97 Å². The van der Waals surface area contributed by atoms with E-state index in [4.69, 9.17) is 0 Å². The third-order valence-corrected chi connectivity index (χ3v) is 6.22. The van der Waals surface area contributed by atoms with E-state index in [0.29, 0.717) is 24.6 Å². The van der Waals surface area contributed by atoms with Gasteiger partial charge in [-0.1, -0.05) is 0 Å². The standard InChI is InChI=1S/C20H33N5O3/c1-4-25-14-17(15(2)21-25)20(28)24-8-7-18(16(13-24)5-6-19(26)27)23-11-9-22(3)10-12-23/h14,16,18H,4-13H2,1-3H3,(H,26,27)/t16-,18+/m1/s1. The van der Waals surface area contributed by atoms with Gasteiger partial charge < -0.3 is 14.9 Å². The van der Waals surface area contributed by atoms with Crippen molar-refractivity contribution in [1.82, 2.24) is 24.5 Å². The second-order valence-corrected chi connectivity index (χ2v) is 8.12. The number of amides is 1. The molecule has 0 radical (unpaired) electrons. The molecule has 156 valence electrons. The summed E-state index contributed by atoms with van der Waals surface area (Å²) in [5.41, 5.74) is 1.42. The molecule has 0 aliphatic carbocycles. The van der Waals surface area contributed by atoms with Crippen LogP contribution in [0.4, 0.5) is 0 Å². The first-order valence-electron chi connectivity index (χ1n) is 10.4. The zero-order valence-corrected chi connectivity index (χ0v) is 17.3. The number of carbonyl (C=O) groups excluding carboxylic acids is 1. The quantitative estimate of drug-likeness (QED) is 0.784. The number of piperidine rings is 1. The minimum Gasteiger partial charge on any atom is -0.481 e. The van der Waals surface area contributed by atoms with Crippen molar-refractivity contribution >= 4 is 11.9 Å². The molecule has 2 aliphatic rings. The van der Waals surface area contributed by atoms with E-state index in [1.165, 1.54) is 0 Å². The summed E-state index contributed by atoms with van der Waals surface area (Å²) in [6.07, 6.45) is 3.50. The van der Waals surface area contributed by atoms with Gasteiger partial charge in [-0.05, 0) is 39.7 Å². The van der Waals surface area contributed by atoms with E-state index < -0.39 is 5.97 Å². The Labute approximate surface area is 167 Å². The SMILES string of the molecule is CCn1cc(C(=O)N2CC[C@H](N3CCN(C)CC3)[C@H](CCC(=O)O)C2)c(C)n1. The average Bonchev–Trinajstić information content (AvgIpc) is 3.07. The van der Waals surface area contributed by atoms with E-state index in [1.54, 1.807) is 4.68 Å². The summed E-state index contributed by atoms with van der Waals surface area (Å²) in [6.45, 7) is 10.1. The van der Waals surface area contributed by atoms with Crippen molar-refractivity contribution < 1.29 is 14.7 Å². The minimum absolute atomic E-state index is 0.0225. The van der Waals surface area contributed by atoms with Crippen LogP contribution >= 0.6 is 0 Å². The van der Waals surface area contributed by atoms with Crippen LogP contribution in [0.15, 0.2) is 6.20 Å². The first kappa shape index (κ1) is 20.8. The molecule has 0 spiro atoms. The molecule has 0 bridgehead atoms. The molecule has 0 saturated carbocycles. The van der Waals surface area contributed by atoms with E-state index in [0.717, 1.165) is 51.4 Å². The number of aliphatic carboxylic acids is 1. The number of aryl methyl sites for hydroxylation is 2. The zero-order chi connectivity index (χ0) is 20.3. The fourth-order valence-corrected chi connectivity index (χ4v) is 4.49. The number of aromatic nitrogens is 2. The molecular weight excluding hydrogens is 358 g/mol. The predicted octanol–water partition coefficient (Wildman–Crippen LogP) is 1.15. The van der Waals surface area contributed by atoms with Crippen molar-refractivity contribution in [3.05, 3.63) is 17.5 Å². The van der Waals surface area contributed by atoms with Crippen molar-refractivity contribution in [3.63, 3.8) is 0 Å². The molecule has 2 saturated heterocycles. The average molecular weight is 392 g/mol. The molecule has 0 aromatic carbocycles. The Morgan fingerprint density at radius 1 is 1.21 bits per heavy atom. The molecule has 3 heterocycles. The van der Waals surface area contributed by atoms with Crippen LogP contribution in [0.3, 0.4) is 0 Å². The Kier molecular flexibility index (Phi) is 6.72. The van der Waals surface area contributed by atoms with Gasteiger partial charge in [0.15, 0.2) is 0 Å². The largest absolute Gasteiger partial charge is 0.481 e. The van der Waals surface area contributed by atoms with Gasteiger partial charge in [0.2, 0.25) is 0 Å². The Morgan fingerprint density at radius 3 is 2.54 bits per heavy atom. The van der Waals surface area contributed by atoms with Crippen molar-refractivity contribution in [2.75, 3.05) is 46.3 Å². The second kappa shape index (κ2) is 9.05. The molecular formula is C20H33N5O3. The summed E-state index contributed by atoms with van der Waals surface area (Å²) in [7, 11) is 2.14. The van der Waals surface area contributed by atoms with Crippen LogP contribution < -0.4 is 0 Å². The second-order valence-electron chi connectivity index (χ2n) is 8.12. The number of rotatable bonds is 6. The number of likely N-dealkylation sites (tertiary alicyclic amines) is 1. The number of likely N-dealkylation sites (N-methyl/N-ethyl adjacent to an activating group) is 1. The Bertz CT molecular complexity index is 696. The molecule has 1 N–H and O–H groups in total. The maximum absolute atomic E-state index is 13.1. The molecule has 2 fully saturated rings. The Hall–Kier alpha value is -1.93. The highest BCUT2D eigenvalue weighted by atomic mass is 16.4. The van der Waals surface area contributed by atoms with Gasteiger partial charge in [0.1, 0.15) is 0 Å². The number of carboxylic acid groups (broad SMARTS) is 1. The summed E-state index contributed by atoms with van der Waals surface area (Å²) in [5.74, 6) is -0.547. The molecule has 2 atom stereocenters. The lowest BCUT2D eigenvalue weighted by molar-refractivity contribution is -0.137. The third kappa shape index (κ3) is 4.72. The normalized spacial score (nSPS) is 24.5. The first-order chi connectivity index (χ1) is 13.4. The Balaban J connectivity index is 1.71. The molecule has 8 heteroatoms. The number of carbonyl (C=O) groups is 2. The van der Waals surface area contributed by atoms with Gasteiger partial charge in [-0.15, -0.1) is 0 Å². The lowest BCUT2D eigenvalue weighted by Gasteiger charge is -2.46. The number of hydrogen-bond acceptors (Lipinski definition) is 5. The number of piperazine rings is 1. The van der Waals surface area contributed by atoms with Crippen LogP contribution in [-0.4, -0.2) is 93.8 Å². The van der Waals surface area contributed by atoms with Crippen LogP contribution in [0.1, 0.15) is 42.2 Å². The van der Waals surface area contributed by atoms with Gasteiger partial charge in [-0.3, -0.25) is 19.2 Å². The molecule has 1 aromatic heterocycles. The minimum atomic E-state index is -0.763. The molecule has 1 aromatic rings. The third-order valence-electron chi connectivity index (χ3n) is 6.22. The molecule has 28 heavy (non-hydrogen) atoms. The smallest absolute Gasteiger partial charge is 0.303 e. The molecule has 3 rings (SSSR count). The van der Waals surface area contributed by atoms with E-state index in [9.17, 15) is 14.7 Å². The highest BCUT2D eigenvalue weighted by Crippen LogP contribution is 2.28. The first-order valence-corrected chi connectivity index (χ1v) is 10.4. The molecule has 1 amide bonds. The van der Waals surface area contributed by atoms with Crippen molar-refractivity contribution in [1.29, 1.82) is 0 Å². The highest BCUT2D eigenvalue weighted by Gasteiger charge is 2.36. The lowest BCUT2D eigenvalue weighted by Crippen LogP contribution is -2.57. The van der Waals surface area contributed by atoms with Gasteiger partial charge in [0.25, 0.3) is 5.91 Å². The topological polar surface area (TPSA) is 81.9 Å². The fourth-order valence-electron chi connectivity index (χ4n) is 4.49. The number of nitrogens with zero attached hydrogens (tertiary/aromatic N) is 5. The van der Waals surface area contributed by atoms with E-state index in [2.05, 4.69) is 21.9 Å². The summed E-state index contributed by atoms with van der Waals surface area (Å²) in [5, 5.41) is 13.6. The number of hydrogen-bond donors (Lipinski definition) is 1. The van der Waals surface area contributed by atoms with Crippen molar-refractivity contribution in [2.45, 2.75) is 45.7 Å². The zero-order valence-electron chi connectivity index (χ0n) is 17.3. The van der Waals surface area contributed by atoms with Crippen molar-refractivity contribution in [3.8, 4) is 0 Å². The van der Waals surface area contributed by atoms with Crippen LogP contribution in [0.5, 0.6) is 0 Å². The van der Waals surface area contributed by atoms with Crippen LogP contribution in [-0.2, 0) is 11.3 Å². The summed E-state index contributed by atoms with van der Waals surface area (Å²) >= 11 is 0. The van der Waals surface area contributed by atoms with Gasteiger partial charge in [0, 0.05) is 64.5 Å². The predicted molar refractivity (Wildman–Crippen MR) is 106 cm³/mol. The monoisotopic (exact) mass is 391 g/mol. The summed E-state index contributed by atoms with van der Waals surface area (Å²) in [4.78, 5) is 31.0. The number of carboxylic acids is 1. The van der Waals surface area contributed by atoms with E-state index >= 15 is 0 Å². The van der Waals surface area contributed by atoms with Gasteiger partial charge in [-0.2, -0.15) is 5.10 Å². The van der Waals surface area contributed by atoms with Gasteiger partial charge in [0.05, 0.1) is 11.3 Å². The highest BCUT2D eigenvalue weighted by molar-refractivity contribution is 5.95.